The van der Waals surface area contributed by atoms with Gasteiger partial charge >= 0.3 is 0 Å². The lowest BCUT2D eigenvalue weighted by atomic mass is 9.84. The minimum absolute atomic E-state index is 0.0508. The molecule has 0 saturated heterocycles. The van der Waals surface area contributed by atoms with Gasteiger partial charge in [0.1, 0.15) is 0 Å². The molecule has 0 heterocycles. The van der Waals surface area contributed by atoms with E-state index in [2.05, 4.69) is 39.9 Å². The Hall–Kier alpha value is -0.0900. The molecular weight excluding hydrogens is 246 g/mol. The Morgan fingerprint density at radius 1 is 1.11 bits per heavy atom. The third-order valence-electron chi connectivity index (χ3n) is 3.61. The fourth-order valence-electron chi connectivity index (χ4n) is 1.49. The lowest BCUT2D eigenvalue weighted by Gasteiger charge is -2.33. The highest BCUT2D eigenvalue weighted by molar-refractivity contribution is 7.91. The molecule has 1 N–H and O–H groups in total. The Labute approximate surface area is 114 Å². The maximum atomic E-state index is 11.9. The summed E-state index contributed by atoms with van der Waals surface area (Å²) >= 11 is 0. The molecule has 0 aromatic heterocycles. The van der Waals surface area contributed by atoms with Gasteiger partial charge in [-0.25, -0.2) is 8.42 Å². The molecule has 0 aliphatic heterocycles. The molecule has 0 saturated carbocycles. The van der Waals surface area contributed by atoms with Crippen LogP contribution in [0.5, 0.6) is 0 Å². The summed E-state index contributed by atoms with van der Waals surface area (Å²) in [4.78, 5) is 0. The Bertz CT molecular complexity index is 341. The second-order valence-corrected chi connectivity index (χ2v) is 9.61. The maximum absolute atomic E-state index is 11.9. The largest absolute Gasteiger partial charge is 0.312 e. The lowest BCUT2D eigenvalue weighted by Crippen LogP contribution is -2.43. The van der Waals surface area contributed by atoms with Crippen molar-refractivity contribution in [3.8, 4) is 0 Å². The van der Waals surface area contributed by atoms with Gasteiger partial charge in [0.15, 0.2) is 9.84 Å². The smallest absolute Gasteiger partial charge is 0.152 e. The van der Waals surface area contributed by atoms with Crippen molar-refractivity contribution in [1.82, 2.24) is 5.32 Å². The molecule has 0 aliphatic carbocycles. The third kappa shape index (κ3) is 6.74. The van der Waals surface area contributed by atoms with Crippen molar-refractivity contribution >= 4 is 9.84 Å². The van der Waals surface area contributed by atoms with Crippen molar-refractivity contribution in [2.24, 2.45) is 5.41 Å². The first-order valence-electron chi connectivity index (χ1n) is 6.88. The monoisotopic (exact) mass is 277 g/mol. The number of rotatable bonds is 7. The van der Waals surface area contributed by atoms with E-state index in [1.54, 1.807) is 13.8 Å². The summed E-state index contributed by atoms with van der Waals surface area (Å²) in [6.45, 7) is 15.1. The SMILES string of the molecule is CCC(C)(CCS(=O)(=O)C(C)C)CNC(C)(C)C. The van der Waals surface area contributed by atoms with E-state index in [1.807, 2.05) is 0 Å². The topological polar surface area (TPSA) is 46.2 Å². The van der Waals surface area contributed by atoms with E-state index in [0.717, 1.165) is 19.4 Å². The van der Waals surface area contributed by atoms with E-state index in [9.17, 15) is 8.42 Å². The Morgan fingerprint density at radius 2 is 1.61 bits per heavy atom. The molecule has 0 rings (SSSR count). The number of nitrogens with one attached hydrogen (secondary N) is 1. The standard InChI is InChI=1S/C14H31NO2S/c1-8-14(7,11-15-13(4,5)6)9-10-18(16,17)12(2)3/h12,15H,8-11H2,1-7H3. The van der Waals surface area contributed by atoms with Crippen LogP contribution < -0.4 is 5.32 Å². The van der Waals surface area contributed by atoms with E-state index < -0.39 is 9.84 Å². The summed E-state index contributed by atoms with van der Waals surface area (Å²) in [5.74, 6) is 0.292. The summed E-state index contributed by atoms with van der Waals surface area (Å²) in [5.41, 5.74) is 0.128. The van der Waals surface area contributed by atoms with Crippen LogP contribution in [0.2, 0.25) is 0 Å². The van der Waals surface area contributed by atoms with Gasteiger partial charge in [-0.15, -0.1) is 0 Å². The lowest BCUT2D eigenvalue weighted by molar-refractivity contribution is 0.249. The van der Waals surface area contributed by atoms with Gasteiger partial charge in [-0.05, 0) is 52.9 Å². The molecule has 0 spiro atoms. The van der Waals surface area contributed by atoms with E-state index in [1.165, 1.54) is 0 Å². The Morgan fingerprint density at radius 3 is 1.94 bits per heavy atom. The normalized spacial score (nSPS) is 16.9. The van der Waals surface area contributed by atoms with Crippen LogP contribution in [0.25, 0.3) is 0 Å². The van der Waals surface area contributed by atoms with Crippen LogP contribution in [-0.2, 0) is 9.84 Å². The van der Waals surface area contributed by atoms with Crippen LogP contribution in [-0.4, -0.2) is 31.5 Å². The molecule has 1 unspecified atom stereocenters. The van der Waals surface area contributed by atoms with Crippen LogP contribution in [0.3, 0.4) is 0 Å². The van der Waals surface area contributed by atoms with Crippen LogP contribution in [0, 0.1) is 5.41 Å². The summed E-state index contributed by atoms with van der Waals surface area (Å²) in [6.07, 6.45) is 1.72. The highest BCUT2D eigenvalue weighted by Crippen LogP contribution is 2.27. The van der Waals surface area contributed by atoms with E-state index >= 15 is 0 Å². The zero-order chi connectivity index (χ0) is 14.6. The molecule has 0 amide bonds. The average molecular weight is 277 g/mol. The zero-order valence-electron chi connectivity index (χ0n) is 13.1. The van der Waals surface area contributed by atoms with Crippen LogP contribution in [0.15, 0.2) is 0 Å². The van der Waals surface area contributed by atoms with E-state index in [4.69, 9.17) is 0 Å². The molecule has 18 heavy (non-hydrogen) atoms. The molecule has 0 aromatic rings. The molecule has 0 bridgehead atoms. The minimum Gasteiger partial charge on any atom is -0.312 e. The summed E-state index contributed by atoms with van der Waals surface area (Å²) in [5, 5.41) is 3.21. The third-order valence-corrected chi connectivity index (χ3v) is 5.82. The summed E-state index contributed by atoms with van der Waals surface area (Å²) in [7, 11) is -2.92. The number of hydrogen-bond acceptors (Lipinski definition) is 3. The molecule has 0 aromatic carbocycles. The molecular formula is C14H31NO2S. The quantitative estimate of drug-likeness (QED) is 0.778. The zero-order valence-corrected chi connectivity index (χ0v) is 13.9. The molecule has 110 valence electrons. The van der Waals surface area contributed by atoms with Gasteiger partial charge in [0.2, 0.25) is 0 Å². The first-order valence-corrected chi connectivity index (χ1v) is 8.60. The molecule has 3 nitrogen and oxygen atoms in total. The molecule has 0 radical (unpaired) electrons. The molecule has 0 fully saturated rings. The van der Waals surface area contributed by atoms with Gasteiger partial charge < -0.3 is 5.32 Å². The van der Waals surface area contributed by atoms with Crippen molar-refractivity contribution in [1.29, 1.82) is 0 Å². The fraction of sp³-hybridized carbons (Fsp3) is 1.00. The predicted molar refractivity (Wildman–Crippen MR) is 79.7 cm³/mol. The van der Waals surface area contributed by atoms with Gasteiger partial charge in [-0.2, -0.15) is 0 Å². The highest BCUT2D eigenvalue weighted by Gasteiger charge is 2.27. The first-order chi connectivity index (χ1) is 7.92. The van der Waals surface area contributed by atoms with Gasteiger partial charge in [-0.1, -0.05) is 13.8 Å². The van der Waals surface area contributed by atoms with Gasteiger partial charge in [0.25, 0.3) is 0 Å². The predicted octanol–water partition coefficient (Wildman–Crippen LogP) is 3.00. The fourth-order valence-corrected chi connectivity index (χ4v) is 2.74. The molecule has 1 atom stereocenters. The van der Waals surface area contributed by atoms with Gasteiger partial charge in [-0.3, -0.25) is 0 Å². The van der Waals surface area contributed by atoms with Crippen molar-refractivity contribution in [2.75, 3.05) is 12.3 Å². The van der Waals surface area contributed by atoms with Crippen LogP contribution >= 0.6 is 0 Å². The second-order valence-electron chi connectivity index (χ2n) is 6.93. The maximum Gasteiger partial charge on any atom is 0.152 e. The minimum atomic E-state index is -2.92. The van der Waals surface area contributed by atoms with Crippen molar-refractivity contribution < 1.29 is 8.42 Å². The first kappa shape index (κ1) is 17.9. The highest BCUT2D eigenvalue weighted by atomic mass is 32.2. The average Bonchev–Trinajstić information content (AvgIpc) is 2.23. The molecule has 4 heteroatoms. The molecule has 0 aliphatic rings. The van der Waals surface area contributed by atoms with Crippen molar-refractivity contribution in [3.63, 3.8) is 0 Å². The number of hydrogen-bond donors (Lipinski definition) is 1. The van der Waals surface area contributed by atoms with E-state index in [-0.39, 0.29) is 16.2 Å². The van der Waals surface area contributed by atoms with E-state index in [0.29, 0.717) is 5.75 Å². The van der Waals surface area contributed by atoms with Gasteiger partial charge in [0, 0.05) is 12.1 Å². The van der Waals surface area contributed by atoms with Crippen LogP contribution in [0.1, 0.15) is 61.3 Å². The number of sulfone groups is 1. The Balaban J connectivity index is 4.50. The van der Waals surface area contributed by atoms with Crippen LogP contribution in [0.4, 0.5) is 0 Å². The Kier molecular flexibility index (Phi) is 6.34. The summed E-state index contributed by atoms with van der Waals surface area (Å²) in [6, 6.07) is 0. The second kappa shape index (κ2) is 6.38. The van der Waals surface area contributed by atoms with Crippen molar-refractivity contribution in [3.05, 3.63) is 0 Å². The summed E-state index contributed by atoms with van der Waals surface area (Å²) < 4.78 is 23.7. The van der Waals surface area contributed by atoms with Gasteiger partial charge in [0.05, 0.1) is 11.0 Å². The van der Waals surface area contributed by atoms with Crippen molar-refractivity contribution in [2.45, 2.75) is 72.1 Å².